The SMILES string of the molecule is CO[C@@H](C(=O)N1CCCC[C@H]1c1ncon1)c1ccccc1. The number of aromatic nitrogens is 2. The molecule has 6 nitrogen and oxygen atoms in total. The molecule has 0 unspecified atom stereocenters. The number of hydrogen-bond donors (Lipinski definition) is 0. The first-order chi connectivity index (χ1) is 10.8. The van der Waals surface area contributed by atoms with Crippen LogP contribution in [0.4, 0.5) is 0 Å². The summed E-state index contributed by atoms with van der Waals surface area (Å²) in [4.78, 5) is 18.9. The van der Waals surface area contributed by atoms with Crippen LogP contribution in [-0.2, 0) is 9.53 Å². The quantitative estimate of drug-likeness (QED) is 0.868. The Morgan fingerprint density at radius 1 is 1.36 bits per heavy atom. The number of nitrogens with zero attached hydrogens (tertiary/aromatic N) is 3. The standard InChI is InChI=1S/C16H19N3O3/c1-21-14(12-7-3-2-4-8-12)16(20)19-10-6-5-9-13(19)15-17-11-22-18-15/h2-4,7-8,11,13-14H,5-6,9-10H2,1H3/t13-,14+/m0/s1. The smallest absolute Gasteiger partial charge is 0.256 e. The molecule has 6 heteroatoms. The number of amides is 1. The lowest BCUT2D eigenvalue weighted by atomic mass is 9.99. The van der Waals surface area contributed by atoms with Gasteiger partial charge in [0.05, 0.1) is 6.04 Å². The topological polar surface area (TPSA) is 68.5 Å². The highest BCUT2D eigenvalue weighted by atomic mass is 16.5. The number of carbonyl (C=O) groups excluding carboxylic acids is 1. The summed E-state index contributed by atoms with van der Waals surface area (Å²) in [6.07, 6.45) is 3.57. The van der Waals surface area contributed by atoms with Gasteiger partial charge in [-0.2, -0.15) is 4.98 Å². The zero-order chi connectivity index (χ0) is 15.4. The van der Waals surface area contributed by atoms with Gasteiger partial charge in [0.1, 0.15) is 0 Å². The number of piperidine rings is 1. The first kappa shape index (κ1) is 14.7. The van der Waals surface area contributed by atoms with E-state index in [1.165, 1.54) is 6.39 Å². The molecule has 116 valence electrons. The Labute approximate surface area is 129 Å². The average molecular weight is 301 g/mol. The van der Waals surface area contributed by atoms with Crippen molar-refractivity contribution < 1.29 is 14.1 Å². The summed E-state index contributed by atoms with van der Waals surface area (Å²) in [6.45, 7) is 0.685. The van der Waals surface area contributed by atoms with Crippen molar-refractivity contribution in [2.75, 3.05) is 13.7 Å². The summed E-state index contributed by atoms with van der Waals surface area (Å²) in [5, 5.41) is 3.91. The highest BCUT2D eigenvalue weighted by Crippen LogP contribution is 2.32. The maximum absolute atomic E-state index is 13.0. The van der Waals surface area contributed by atoms with Crippen LogP contribution in [0.2, 0.25) is 0 Å². The van der Waals surface area contributed by atoms with E-state index in [-0.39, 0.29) is 11.9 Å². The van der Waals surface area contributed by atoms with Gasteiger partial charge in [0, 0.05) is 13.7 Å². The van der Waals surface area contributed by atoms with Gasteiger partial charge in [-0.3, -0.25) is 4.79 Å². The molecule has 22 heavy (non-hydrogen) atoms. The molecule has 1 aliphatic heterocycles. The summed E-state index contributed by atoms with van der Waals surface area (Å²) in [6, 6.07) is 9.40. The third-order valence-corrected chi connectivity index (χ3v) is 4.02. The van der Waals surface area contributed by atoms with Crippen molar-refractivity contribution >= 4 is 5.91 Å². The van der Waals surface area contributed by atoms with Gasteiger partial charge >= 0.3 is 0 Å². The molecule has 2 aromatic rings. The monoisotopic (exact) mass is 301 g/mol. The van der Waals surface area contributed by atoms with Crippen molar-refractivity contribution in [3.8, 4) is 0 Å². The molecule has 1 amide bonds. The van der Waals surface area contributed by atoms with Gasteiger partial charge in [-0.25, -0.2) is 0 Å². The van der Waals surface area contributed by atoms with Gasteiger partial charge in [0.15, 0.2) is 11.9 Å². The zero-order valence-electron chi connectivity index (χ0n) is 12.5. The van der Waals surface area contributed by atoms with E-state index < -0.39 is 6.10 Å². The van der Waals surface area contributed by atoms with Gasteiger partial charge in [-0.05, 0) is 24.8 Å². The lowest BCUT2D eigenvalue weighted by molar-refractivity contribution is -0.146. The van der Waals surface area contributed by atoms with Gasteiger partial charge in [0.2, 0.25) is 6.39 Å². The van der Waals surface area contributed by atoms with Crippen molar-refractivity contribution in [2.24, 2.45) is 0 Å². The van der Waals surface area contributed by atoms with Crippen LogP contribution in [0.25, 0.3) is 0 Å². The molecule has 0 spiro atoms. The zero-order valence-corrected chi connectivity index (χ0v) is 12.5. The van der Waals surface area contributed by atoms with Crippen molar-refractivity contribution in [3.05, 3.63) is 48.1 Å². The molecule has 0 bridgehead atoms. The van der Waals surface area contributed by atoms with Crippen LogP contribution in [0.5, 0.6) is 0 Å². The molecule has 1 aliphatic rings. The van der Waals surface area contributed by atoms with E-state index in [0.717, 1.165) is 24.8 Å². The molecule has 2 heterocycles. The average Bonchev–Trinajstić information content (AvgIpc) is 3.11. The molecule has 0 aliphatic carbocycles. The molecule has 1 aromatic carbocycles. The number of methoxy groups -OCH3 is 1. The fourth-order valence-corrected chi connectivity index (χ4v) is 2.95. The van der Waals surface area contributed by atoms with Crippen molar-refractivity contribution in [1.29, 1.82) is 0 Å². The maximum Gasteiger partial charge on any atom is 0.256 e. The first-order valence-corrected chi connectivity index (χ1v) is 7.45. The predicted molar refractivity (Wildman–Crippen MR) is 78.8 cm³/mol. The van der Waals surface area contributed by atoms with Crippen LogP contribution in [0.1, 0.15) is 42.8 Å². The fraction of sp³-hybridized carbons (Fsp3) is 0.438. The Hall–Kier alpha value is -2.21. The van der Waals surface area contributed by atoms with Crippen LogP contribution in [0.3, 0.4) is 0 Å². The number of ether oxygens (including phenoxy) is 1. The van der Waals surface area contributed by atoms with E-state index in [9.17, 15) is 4.79 Å². The van der Waals surface area contributed by atoms with Crippen LogP contribution in [0.15, 0.2) is 41.2 Å². The number of benzene rings is 1. The van der Waals surface area contributed by atoms with Gasteiger partial charge in [-0.15, -0.1) is 0 Å². The number of carbonyl (C=O) groups is 1. The van der Waals surface area contributed by atoms with Crippen LogP contribution >= 0.6 is 0 Å². The van der Waals surface area contributed by atoms with E-state index in [1.54, 1.807) is 7.11 Å². The van der Waals surface area contributed by atoms with Gasteiger partial charge < -0.3 is 14.2 Å². The van der Waals surface area contributed by atoms with Gasteiger partial charge in [-0.1, -0.05) is 35.5 Å². The second-order valence-corrected chi connectivity index (χ2v) is 5.36. The third-order valence-electron chi connectivity index (χ3n) is 4.02. The van der Waals surface area contributed by atoms with Crippen molar-refractivity contribution in [3.63, 3.8) is 0 Å². The summed E-state index contributed by atoms with van der Waals surface area (Å²) >= 11 is 0. The molecule has 1 saturated heterocycles. The highest BCUT2D eigenvalue weighted by Gasteiger charge is 2.35. The number of hydrogen-bond acceptors (Lipinski definition) is 5. The lowest BCUT2D eigenvalue weighted by Crippen LogP contribution is -2.42. The van der Waals surface area contributed by atoms with E-state index in [2.05, 4.69) is 10.1 Å². The molecule has 0 radical (unpaired) electrons. The summed E-state index contributed by atoms with van der Waals surface area (Å²) < 4.78 is 10.3. The van der Waals surface area contributed by atoms with Crippen LogP contribution < -0.4 is 0 Å². The van der Waals surface area contributed by atoms with E-state index in [0.29, 0.717) is 12.4 Å². The third kappa shape index (κ3) is 2.87. The predicted octanol–water partition coefficient (Wildman–Crippen LogP) is 2.51. The normalized spacial score (nSPS) is 19.9. The molecule has 0 saturated carbocycles. The first-order valence-electron chi connectivity index (χ1n) is 7.45. The molecule has 2 atom stereocenters. The Bertz CT molecular complexity index is 600. The minimum atomic E-state index is -0.603. The molecule has 3 rings (SSSR count). The highest BCUT2D eigenvalue weighted by molar-refractivity contribution is 5.82. The Kier molecular flexibility index (Phi) is 4.48. The van der Waals surface area contributed by atoms with Gasteiger partial charge in [0.25, 0.3) is 5.91 Å². The molecule has 1 aromatic heterocycles. The fourth-order valence-electron chi connectivity index (χ4n) is 2.95. The second kappa shape index (κ2) is 6.70. The minimum absolute atomic E-state index is 0.0526. The van der Waals surface area contributed by atoms with Crippen LogP contribution in [0, 0.1) is 0 Å². The Balaban J connectivity index is 1.85. The molecular formula is C16H19N3O3. The summed E-state index contributed by atoms with van der Waals surface area (Å²) in [5.41, 5.74) is 0.854. The summed E-state index contributed by atoms with van der Waals surface area (Å²) in [7, 11) is 1.56. The van der Waals surface area contributed by atoms with Crippen molar-refractivity contribution in [2.45, 2.75) is 31.4 Å². The largest absolute Gasteiger partial charge is 0.367 e. The van der Waals surface area contributed by atoms with Crippen LogP contribution in [-0.4, -0.2) is 34.6 Å². The lowest BCUT2D eigenvalue weighted by Gasteiger charge is -2.35. The molecule has 0 N–H and O–H groups in total. The molecule has 1 fully saturated rings. The Morgan fingerprint density at radius 3 is 2.86 bits per heavy atom. The number of likely N-dealkylation sites (tertiary alicyclic amines) is 1. The van der Waals surface area contributed by atoms with E-state index in [4.69, 9.17) is 9.26 Å². The Morgan fingerprint density at radius 2 is 2.18 bits per heavy atom. The summed E-state index contributed by atoms with van der Waals surface area (Å²) in [5.74, 6) is 0.513. The second-order valence-electron chi connectivity index (χ2n) is 5.36. The van der Waals surface area contributed by atoms with Crippen molar-refractivity contribution in [1.82, 2.24) is 15.0 Å². The van der Waals surface area contributed by atoms with E-state index >= 15 is 0 Å². The minimum Gasteiger partial charge on any atom is -0.367 e. The van der Waals surface area contributed by atoms with E-state index in [1.807, 2.05) is 35.2 Å². The number of rotatable bonds is 4. The maximum atomic E-state index is 13.0. The molecular weight excluding hydrogens is 282 g/mol.